The summed E-state index contributed by atoms with van der Waals surface area (Å²) in [7, 11) is 0. The quantitative estimate of drug-likeness (QED) is 0.927. The van der Waals surface area contributed by atoms with Gasteiger partial charge in [0.2, 0.25) is 0 Å². The van der Waals surface area contributed by atoms with Crippen LogP contribution in [0.5, 0.6) is 0 Å². The number of nitrogens with one attached hydrogen (secondary N) is 1. The van der Waals surface area contributed by atoms with E-state index in [-0.39, 0.29) is 0 Å². The Balaban J connectivity index is 1.36. The molecule has 3 heterocycles. The summed E-state index contributed by atoms with van der Waals surface area (Å²) >= 11 is 0. The van der Waals surface area contributed by atoms with E-state index in [4.69, 9.17) is 0 Å². The van der Waals surface area contributed by atoms with E-state index in [1.165, 1.54) is 18.6 Å². The van der Waals surface area contributed by atoms with Gasteiger partial charge in [0.15, 0.2) is 11.6 Å². The second-order valence-corrected chi connectivity index (χ2v) is 7.02. The monoisotopic (exact) mass is 347 g/mol. The number of likely N-dealkylation sites (tertiary alicyclic amines) is 1. The van der Waals surface area contributed by atoms with E-state index >= 15 is 0 Å². The zero-order valence-corrected chi connectivity index (χ0v) is 14.2. The van der Waals surface area contributed by atoms with Crippen LogP contribution in [0.4, 0.5) is 14.5 Å². The van der Waals surface area contributed by atoms with Crippen molar-refractivity contribution in [3.8, 4) is 0 Å². The molecule has 0 saturated carbocycles. The smallest absolute Gasteiger partial charge is 0.160 e. The van der Waals surface area contributed by atoms with E-state index < -0.39 is 11.6 Å². The average Bonchev–Trinajstić information content (AvgIpc) is 3.19. The maximum atomic E-state index is 13.5. The second kappa shape index (κ2) is 7.07. The number of aromatic nitrogens is 3. The minimum atomic E-state index is -0.787. The number of hydrogen-bond acceptors (Lipinski definition) is 4. The number of rotatable bonds is 3. The lowest BCUT2D eigenvalue weighted by molar-refractivity contribution is 0.126. The Morgan fingerprint density at radius 3 is 2.60 bits per heavy atom. The number of aromatic amines is 1. The lowest BCUT2D eigenvalue weighted by Crippen LogP contribution is -2.48. The Kier molecular flexibility index (Phi) is 4.65. The molecule has 0 bridgehead atoms. The number of benzene rings is 1. The van der Waals surface area contributed by atoms with Gasteiger partial charge in [-0.1, -0.05) is 0 Å². The summed E-state index contributed by atoms with van der Waals surface area (Å²) in [6.45, 7) is 3.89. The summed E-state index contributed by atoms with van der Waals surface area (Å²) in [5, 5.41) is 6.98. The molecular formula is C18H23F2N5. The summed E-state index contributed by atoms with van der Waals surface area (Å²) in [5.41, 5.74) is 0.774. The van der Waals surface area contributed by atoms with Gasteiger partial charge in [-0.05, 0) is 44.4 Å². The van der Waals surface area contributed by atoms with Crippen molar-refractivity contribution in [2.24, 2.45) is 0 Å². The molecule has 0 amide bonds. The first-order valence-corrected chi connectivity index (χ1v) is 9.00. The molecule has 4 rings (SSSR count). The first kappa shape index (κ1) is 16.4. The number of piperidine rings is 2. The third-order valence-electron chi connectivity index (χ3n) is 5.52. The van der Waals surface area contributed by atoms with Crippen molar-refractivity contribution in [3.05, 3.63) is 42.0 Å². The van der Waals surface area contributed by atoms with E-state index in [9.17, 15) is 8.78 Å². The van der Waals surface area contributed by atoms with Crippen molar-refractivity contribution >= 4 is 5.69 Å². The molecule has 5 nitrogen and oxygen atoms in total. The third-order valence-corrected chi connectivity index (χ3v) is 5.52. The zero-order valence-electron chi connectivity index (χ0n) is 14.2. The van der Waals surface area contributed by atoms with Gasteiger partial charge in [-0.2, -0.15) is 5.10 Å². The number of anilines is 1. The molecule has 2 saturated heterocycles. The van der Waals surface area contributed by atoms with Crippen LogP contribution in [0, 0.1) is 11.6 Å². The molecule has 0 radical (unpaired) electrons. The van der Waals surface area contributed by atoms with Gasteiger partial charge in [-0.25, -0.2) is 13.8 Å². The predicted molar refractivity (Wildman–Crippen MR) is 91.5 cm³/mol. The molecule has 2 aliphatic rings. The highest BCUT2D eigenvalue weighted by Crippen LogP contribution is 2.29. The van der Waals surface area contributed by atoms with Crippen LogP contribution in [0.15, 0.2) is 24.5 Å². The van der Waals surface area contributed by atoms with Gasteiger partial charge in [0, 0.05) is 43.3 Å². The molecule has 2 fully saturated rings. The van der Waals surface area contributed by atoms with E-state index in [1.807, 2.05) is 0 Å². The standard InChI is InChI=1S/C18H23F2N5/c19-16-4-3-15(10-17(16)20)24-8-5-14(6-9-24)25-7-1-2-13(11-25)18-21-12-22-23-18/h3-4,10,12-14H,1-2,5-9,11H2,(H,21,22,23). The minimum Gasteiger partial charge on any atom is -0.371 e. The van der Waals surface area contributed by atoms with Crippen LogP contribution < -0.4 is 4.90 Å². The SMILES string of the molecule is Fc1ccc(N2CCC(N3CCCC(c4ncn[nH]4)C3)CC2)cc1F. The predicted octanol–water partition coefficient (Wildman–Crippen LogP) is 2.93. The first-order chi connectivity index (χ1) is 12.2. The maximum absolute atomic E-state index is 13.5. The molecule has 1 N–H and O–H groups in total. The topological polar surface area (TPSA) is 48.1 Å². The van der Waals surface area contributed by atoms with Crippen LogP contribution in [0.1, 0.15) is 37.4 Å². The van der Waals surface area contributed by atoms with Crippen LogP contribution in [-0.2, 0) is 0 Å². The van der Waals surface area contributed by atoms with Gasteiger partial charge < -0.3 is 4.90 Å². The summed E-state index contributed by atoms with van der Waals surface area (Å²) in [5.74, 6) is -0.139. The highest BCUT2D eigenvalue weighted by Gasteiger charge is 2.30. The first-order valence-electron chi connectivity index (χ1n) is 9.00. The molecule has 25 heavy (non-hydrogen) atoms. The largest absolute Gasteiger partial charge is 0.371 e. The molecule has 0 spiro atoms. The Hall–Kier alpha value is -2.02. The van der Waals surface area contributed by atoms with Gasteiger partial charge in [-0.15, -0.1) is 0 Å². The summed E-state index contributed by atoms with van der Waals surface area (Å²) in [6.07, 6.45) is 5.99. The van der Waals surface area contributed by atoms with Crippen LogP contribution in [-0.4, -0.2) is 52.3 Å². The lowest BCUT2D eigenvalue weighted by Gasteiger charge is -2.42. The van der Waals surface area contributed by atoms with Crippen LogP contribution >= 0.6 is 0 Å². The molecule has 0 aliphatic carbocycles. The zero-order chi connectivity index (χ0) is 17.2. The fourth-order valence-corrected chi connectivity index (χ4v) is 4.14. The van der Waals surface area contributed by atoms with Gasteiger partial charge in [0.1, 0.15) is 12.2 Å². The Bertz CT molecular complexity index is 697. The molecular weight excluding hydrogens is 324 g/mol. The third kappa shape index (κ3) is 3.51. The number of hydrogen-bond donors (Lipinski definition) is 1. The van der Waals surface area contributed by atoms with Crippen molar-refractivity contribution in [2.75, 3.05) is 31.1 Å². The normalized spacial score (nSPS) is 23.1. The molecule has 2 aliphatic heterocycles. The van der Waals surface area contributed by atoms with Crippen molar-refractivity contribution in [2.45, 2.75) is 37.6 Å². The molecule has 1 unspecified atom stereocenters. The molecule has 134 valence electrons. The van der Waals surface area contributed by atoms with Crippen molar-refractivity contribution in [3.63, 3.8) is 0 Å². The minimum absolute atomic E-state index is 0.431. The van der Waals surface area contributed by atoms with E-state index in [0.717, 1.165) is 57.0 Å². The number of nitrogens with zero attached hydrogens (tertiary/aromatic N) is 4. The Labute approximate surface area is 146 Å². The van der Waals surface area contributed by atoms with E-state index in [0.29, 0.717) is 12.0 Å². The number of H-pyrrole nitrogens is 1. The van der Waals surface area contributed by atoms with Crippen molar-refractivity contribution in [1.29, 1.82) is 0 Å². The Morgan fingerprint density at radius 1 is 1.04 bits per heavy atom. The lowest BCUT2D eigenvalue weighted by atomic mass is 9.93. The molecule has 2 aromatic rings. The second-order valence-electron chi connectivity index (χ2n) is 7.02. The highest BCUT2D eigenvalue weighted by atomic mass is 19.2. The maximum Gasteiger partial charge on any atom is 0.160 e. The van der Waals surface area contributed by atoms with Crippen molar-refractivity contribution in [1.82, 2.24) is 20.1 Å². The van der Waals surface area contributed by atoms with E-state index in [2.05, 4.69) is 25.0 Å². The number of halogens is 2. The summed E-state index contributed by atoms with van der Waals surface area (Å²) in [6, 6.07) is 4.73. The summed E-state index contributed by atoms with van der Waals surface area (Å²) in [4.78, 5) is 9.04. The fourth-order valence-electron chi connectivity index (χ4n) is 4.14. The summed E-state index contributed by atoms with van der Waals surface area (Å²) < 4.78 is 26.6. The van der Waals surface area contributed by atoms with Gasteiger partial charge in [0.05, 0.1) is 0 Å². The molecule has 1 aromatic heterocycles. The van der Waals surface area contributed by atoms with Crippen molar-refractivity contribution < 1.29 is 8.78 Å². The van der Waals surface area contributed by atoms with E-state index in [1.54, 1.807) is 12.4 Å². The van der Waals surface area contributed by atoms with Gasteiger partial charge in [-0.3, -0.25) is 10.00 Å². The van der Waals surface area contributed by atoms with Gasteiger partial charge >= 0.3 is 0 Å². The Morgan fingerprint density at radius 2 is 1.88 bits per heavy atom. The van der Waals surface area contributed by atoms with Crippen LogP contribution in [0.3, 0.4) is 0 Å². The average molecular weight is 347 g/mol. The molecule has 7 heteroatoms. The van der Waals surface area contributed by atoms with Gasteiger partial charge in [0.25, 0.3) is 0 Å². The molecule has 1 atom stereocenters. The highest BCUT2D eigenvalue weighted by molar-refractivity contribution is 5.47. The molecule has 1 aromatic carbocycles. The fraction of sp³-hybridized carbons (Fsp3) is 0.556. The van der Waals surface area contributed by atoms with Crippen LogP contribution in [0.2, 0.25) is 0 Å². The van der Waals surface area contributed by atoms with Crippen LogP contribution in [0.25, 0.3) is 0 Å².